The van der Waals surface area contributed by atoms with Gasteiger partial charge >= 0.3 is 0 Å². The Kier molecular flexibility index (Phi) is 3.87. The van der Waals surface area contributed by atoms with Crippen LogP contribution in [0.1, 0.15) is 12.7 Å². The van der Waals surface area contributed by atoms with Gasteiger partial charge in [-0.15, -0.1) is 0 Å². The van der Waals surface area contributed by atoms with E-state index in [1.807, 2.05) is 17.9 Å². The lowest BCUT2D eigenvalue weighted by atomic mass is 10.1. The zero-order valence-electron chi connectivity index (χ0n) is 14.5. The Hall–Kier alpha value is -2.89. The lowest BCUT2D eigenvalue weighted by Crippen LogP contribution is -2.48. The molecule has 128 valence electrons. The highest BCUT2D eigenvalue weighted by Crippen LogP contribution is 2.30. The molecule has 6 heteroatoms. The van der Waals surface area contributed by atoms with Crippen molar-refractivity contribution < 1.29 is 4.79 Å². The minimum Gasteiger partial charge on any atom is -0.367 e. The van der Waals surface area contributed by atoms with Crippen molar-refractivity contribution in [2.75, 3.05) is 31.1 Å². The SMILES string of the molecule is CC(=O)N1CCN(c2cccc3c2ccn3-c2ccnc(C)n2)CC1. The first-order chi connectivity index (χ1) is 12.1. The Morgan fingerprint density at radius 2 is 1.88 bits per heavy atom. The van der Waals surface area contributed by atoms with Crippen LogP contribution in [0.2, 0.25) is 0 Å². The number of fused-ring (bicyclic) bond motifs is 1. The van der Waals surface area contributed by atoms with E-state index < -0.39 is 0 Å². The maximum atomic E-state index is 11.5. The molecule has 1 aliphatic rings. The van der Waals surface area contributed by atoms with Crippen LogP contribution in [0.25, 0.3) is 16.7 Å². The molecule has 4 rings (SSSR count). The number of amides is 1. The molecule has 3 heterocycles. The minimum atomic E-state index is 0.156. The summed E-state index contributed by atoms with van der Waals surface area (Å²) in [6.45, 7) is 6.80. The highest BCUT2D eigenvalue weighted by molar-refractivity contribution is 5.94. The second-order valence-electron chi connectivity index (χ2n) is 6.35. The molecule has 0 unspecified atom stereocenters. The van der Waals surface area contributed by atoms with E-state index in [-0.39, 0.29) is 5.91 Å². The lowest BCUT2D eigenvalue weighted by Gasteiger charge is -2.36. The molecule has 1 amide bonds. The summed E-state index contributed by atoms with van der Waals surface area (Å²) in [5.74, 6) is 1.79. The largest absolute Gasteiger partial charge is 0.367 e. The van der Waals surface area contributed by atoms with Crippen molar-refractivity contribution in [2.24, 2.45) is 0 Å². The number of carbonyl (C=O) groups excluding carboxylic acids is 1. The highest BCUT2D eigenvalue weighted by atomic mass is 16.2. The zero-order chi connectivity index (χ0) is 17.4. The summed E-state index contributed by atoms with van der Waals surface area (Å²) in [4.78, 5) is 24.5. The number of nitrogens with zero attached hydrogens (tertiary/aromatic N) is 5. The fourth-order valence-corrected chi connectivity index (χ4v) is 3.47. The van der Waals surface area contributed by atoms with E-state index in [4.69, 9.17) is 0 Å². The molecule has 6 nitrogen and oxygen atoms in total. The van der Waals surface area contributed by atoms with Crippen LogP contribution in [0.3, 0.4) is 0 Å². The van der Waals surface area contributed by atoms with Gasteiger partial charge in [-0.05, 0) is 31.2 Å². The summed E-state index contributed by atoms with van der Waals surface area (Å²) in [5, 5.41) is 1.20. The number of hydrogen-bond acceptors (Lipinski definition) is 4. The van der Waals surface area contributed by atoms with Crippen molar-refractivity contribution >= 4 is 22.5 Å². The van der Waals surface area contributed by atoms with Crippen LogP contribution in [0.15, 0.2) is 42.7 Å². The molecule has 1 aliphatic heterocycles. The Balaban J connectivity index is 1.69. The van der Waals surface area contributed by atoms with Crippen LogP contribution >= 0.6 is 0 Å². The van der Waals surface area contributed by atoms with Gasteiger partial charge in [0.05, 0.1) is 5.52 Å². The van der Waals surface area contributed by atoms with E-state index in [0.29, 0.717) is 0 Å². The van der Waals surface area contributed by atoms with Gasteiger partial charge in [0.25, 0.3) is 0 Å². The van der Waals surface area contributed by atoms with Gasteiger partial charge in [0, 0.05) is 56.6 Å². The number of piperazine rings is 1. The van der Waals surface area contributed by atoms with E-state index in [1.165, 1.54) is 11.1 Å². The fourth-order valence-electron chi connectivity index (χ4n) is 3.47. The molecule has 0 radical (unpaired) electrons. The molecular weight excluding hydrogens is 314 g/mol. The van der Waals surface area contributed by atoms with Crippen LogP contribution in [-0.2, 0) is 4.79 Å². The second kappa shape index (κ2) is 6.20. The van der Waals surface area contributed by atoms with Crippen LogP contribution in [-0.4, -0.2) is 51.5 Å². The average Bonchev–Trinajstić information content (AvgIpc) is 3.06. The van der Waals surface area contributed by atoms with Gasteiger partial charge in [-0.3, -0.25) is 4.79 Å². The van der Waals surface area contributed by atoms with Crippen LogP contribution in [0, 0.1) is 6.92 Å². The fraction of sp³-hybridized carbons (Fsp3) is 0.316. The second-order valence-corrected chi connectivity index (χ2v) is 6.35. The monoisotopic (exact) mass is 335 g/mol. The quantitative estimate of drug-likeness (QED) is 0.722. The molecule has 1 saturated heterocycles. The summed E-state index contributed by atoms with van der Waals surface area (Å²) in [7, 11) is 0. The van der Waals surface area contributed by atoms with Crippen molar-refractivity contribution in [3.63, 3.8) is 0 Å². The molecule has 1 aromatic carbocycles. The topological polar surface area (TPSA) is 54.3 Å². The maximum absolute atomic E-state index is 11.5. The van der Waals surface area contributed by atoms with Crippen LogP contribution < -0.4 is 4.90 Å². The van der Waals surface area contributed by atoms with Gasteiger partial charge in [-0.1, -0.05) is 6.07 Å². The van der Waals surface area contributed by atoms with E-state index in [9.17, 15) is 4.79 Å². The molecule has 0 spiro atoms. The van der Waals surface area contributed by atoms with Gasteiger partial charge in [-0.25, -0.2) is 9.97 Å². The van der Waals surface area contributed by atoms with Gasteiger partial charge in [0.15, 0.2) is 0 Å². The number of anilines is 1. The van der Waals surface area contributed by atoms with Gasteiger partial charge < -0.3 is 14.4 Å². The summed E-state index contributed by atoms with van der Waals surface area (Å²) < 4.78 is 2.10. The first-order valence-corrected chi connectivity index (χ1v) is 8.54. The van der Waals surface area contributed by atoms with Crippen molar-refractivity contribution in [3.05, 3.63) is 48.5 Å². The van der Waals surface area contributed by atoms with E-state index >= 15 is 0 Å². The lowest BCUT2D eigenvalue weighted by molar-refractivity contribution is -0.129. The Labute approximate surface area is 146 Å². The molecule has 0 saturated carbocycles. The maximum Gasteiger partial charge on any atom is 0.219 e. The number of rotatable bonds is 2. The number of carbonyl (C=O) groups is 1. The normalized spacial score (nSPS) is 15.0. The highest BCUT2D eigenvalue weighted by Gasteiger charge is 2.20. The molecule has 1 fully saturated rings. The Bertz CT molecular complexity index is 924. The molecule has 0 aliphatic carbocycles. The zero-order valence-corrected chi connectivity index (χ0v) is 14.5. The number of hydrogen-bond donors (Lipinski definition) is 0. The number of benzene rings is 1. The van der Waals surface area contributed by atoms with Gasteiger partial charge in [0.1, 0.15) is 11.6 Å². The van der Waals surface area contributed by atoms with Gasteiger partial charge in [-0.2, -0.15) is 0 Å². The third-order valence-electron chi connectivity index (χ3n) is 4.78. The first-order valence-electron chi connectivity index (χ1n) is 8.54. The third-order valence-corrected chi connectivity index (χ3v) is 4.78. The Morgan fingerprint density at radius 3 is 2.60 bits per heavy atom. The molecule has 2 aromatic heterocycles. The standard InChI is InChI=1S/C19H21N5O/c1-14-20-8-6-19(21-14)24-9-7-16-17(4-3-5-18(16)24)23-12-10-22(11-13-23)15(2)25/h3-9H,10-13H2,1-2H3. The summed E-state index contributed by atoms with van der Waals surface area (Å²) >= 11 is 0. The number of aromatic nitrogens is 3. The average molecular weight is 335 g/mol. The molecule has 0 bridgehead atoms. The first kappa shape index (κ1) is 15.6. The molecule has 0 atom stereocenters. The van der Waals surface area contributed by atoms with E-state index in [1.54, 1.807) is 13.1 Å². The summed E-state index contributed by atoms with van der Waals surface area (Å²) in [6.07, 6.45) is 3.84. The molecule has 0 N–H and O–H groups in total. The predicted molar refractivity (Wildman–Crippen MR) is 98.1 cm³/mol. The van der Waals surface area contributed by atoms with Crippen molar-refractivity contribution in [2.45, 2.75) is 13.8 Å². The smallest absolute Gasteiger partial charge is 0.219 e. The van der Waals surface area contributed by atoms with E-state index in [2.05, 4.69) is 49.9 Å². The van der Waals surface area contributed by atoms with Gasteiger partial charge in [0.2, 0.25) is 5.91 Å². The minimum absolute atomic E-state index is 0.156. The summed E-state index contributed by atoms with van der Waals surface area (Å²) in [5.41, 5.74) is 2.34. The number of aryl methyl sites for hydroxylation is 1. The third kappa shape index (κ3) is 2.84. The Morgan fingerprint density at radius 1 is 1.08 bits per heavy atom. The molecular formula is C19H21N5O. The van der Waals surface area contributed by atoms with Crippen molar-refractivity contribution in [1.82, 2.24) is 19.4 Å². The molecule has 3 aromatic rings. The van der Waals surface area contributed by atoms with Crippen molar-refractivity contribution in [1.29, 1.82) is 0 Å². The van der Waals surface area contributed by atoms with Crippen LogP contribution in [0.5, 0.6) is 0 Å². The van der Waals surface area contributed by atoms with E-state index in [0.717, 1.165) is 43.3 Å². The van der Waals surface area contributed by atoms with Crippen molar-refractivity contribution in [3.8, 4) is 5.82 Å². The summed E-state index contributed by atoms with van der Waals surface area (Å²) in [6, 6.07) is 10.4. The predicted octanol–water partition coefficient (Wildman–Crippen LogP) is 2.40. The molecule has 25 heavy (non-hydrogen) atoms. The van der Waals surface area contributed by atoms with Crippen LogP contribution in [0.4, 0.5) is 5.69 Å².